The maximum atomic E-state index is 13.3. The summed E-state index contributed by atoms with van der Waals surface area (Å²) in [5.41, 5.74) is 0.399. The number of hydrogen-bond acceptors (Lipinski definition) is 7. The van der Waals surface area contributed by atoms with Crippen molar-refractivity contribution in [2.75, 3.05) is 26.8 Å². The van der Waals surface area contributed by atoms with E-state index < -0.39 is 12.2 Å². The van der Waals surface area contributed by atoms with Crippen molar-refractivity contribution < 1.29 is 29.2 Å². The van der Waals surface area contributed by atoms with Gasteiger partial charge in [0.15, 0.2) is 0 Å². The maximum absolute atomic E-state index is 13.3. The lowest BCUT2D eigenvalue weighted by Crippen LogP contribution is -2.60. The fourth-order valence-electron chi connectivity index (χ4n) is 13.4. The highest BCUT2D eigenvalue weighted by atomic mass is 16.6. The van der Waals surface area contributed by atoms with Gasteiger partial charge in [-0.1, -0.05) is 34.6 Å². The minimum Gasteiger partial charge on any atom is -0.461 e. The van der Waals surface area contributed by atoms with Crippen LogP contribution >= 0.6 is 0 Å². The normalized spacial score (nSPS) is 56.0. The fourth-order valence-corrected chi connectivity index (χ4v) is 13.4. The van der Waals surface area contributed by atoms with Crippen LogP contribution < -0.4 is 0 Å². The molecule has 14 unspecified atom stereocenters. The van der Waals surface area contributed by atoms with Crippen LogP contribution in [-0.2, 0) is 19.0 Å². The highest BCUT2D eigenvalue weighted by Crippen LogP contribution is 2.89. The van der Waals surface area contributed by atoms with E-state index in [0.717, 1.165) is 32.1 Å². The monoisotopic (exact) mass is 587 g/mol. The van der Waals surface area contributed by atoms with E-state index in [1.54, 1.807) is 0 Å². The van der Waals surface area contributed by atoms with Gasteiger partial charge in [-0.2, -0.15) is 0 Å². The smallest absolute Gasteiger partial charge is 0.323 e. The molecule has 2 aliphatic heterocycles. The van der Waals surface area contributed by atoms with Gasteiger partial charge in [-0.25, -0.2) is 0 Å². The van der Waals surface area contributed by atoms with Gasteiger partial charge >= 0.3 is 5.97 Å². The van der Waals surface area contributed by atoms with E-state index in [0.29, 0.717) is 55.3 Å². The molecule has 5 aliphatic carbocycles. The third-order valence-corrected chi connectivity index (χ3v) is 15.4. The second-order valence-corrected chi connectivity index (χ2v) is 17.1. The van der Waals surface area contributed by atoms with Crippen LogP contribution in [0, 0.1) is 50.7 Å². The number of carbonyl (C=O) groups is 1. The van der Waals surface area contributed by atoms with Gasteiger partial charge in [-0.3, -0.25) is 9.69 Å². The van der Waals surface area contributed by atoms with Gasteiger partial charge < -0.3 is 24.4 Å². The van der Waals surface area contributed by atoms with Gasteiger partial charge in [0, 0.05) is 30.4 Å². The largest absolute Gasteiger partial charge is 0.461 e. The minimum absolute atomic E-state index is 0.0692. The van der Waals surface area contributed by atoms with E-state index in [1.165, 1.54) is 19.3 Å². The molecule has 0 radical (unpaired) electrons. The highest BCUT2D eigenvalue weighted by molar-refractivity contribution is 5.76. The number of fused-ring (bicyclic) bond motifs is 4. The Balaban J connectivity index is 1.13. The number of aliphatic hydroxyl groups excluding tert-OH is 2. The average Bonchev–Trinajstić information content (AvgIpc) is 3.42. The summed E-state index contributed by atoms with van der Waals surface area (Å²) in [6.45, 7) is 16.0. The molecule has 0 amide bonds. The average molecular weight is 588 g/mol. The summed E-state index contributed by atoms with van der Waals surface area (Å²) >= 11 is 0. The zero-order valence-electron chi connectivity index (χ0n) is 27.2. The third-order valence-electron chi connectivity index (χ3n) is 15.4. The number of rotatable bonds is 5. The molecule has 2 heterocycles. The van der Waals surface area contributed by atoms with Gasteiger partial charge in [0.25, 0.3) is 0 Å². The van der Waals surface area contributed by atoms with Gasteiger partial charge in [0.2, 0.25) is 0 Å². The van der Waals surface area contributed by atoms with Crippen LogP contribution in [0.1, 0.15) is 99.3 Å². The van der Waals surface area contributed by atoms with E-state index in [-0.39, 0.29) is 52.0 Å². The van der Waals surface area contributed by atoms with Crippen LogP contribution in [0.3, 0.4) is 0 Å². The topological polar surface area (TPSA) is 88.5 Å². The van der Waals surface area contributed by atoms with Crippen molar-refractivity contribution in [1.82, 2.24) is 4.90 Å². The van der Waals surface area contributed by atoms with Crippen molar-refractivity contribution >= 4 is 5.97 Å². The fraction of sp³-hybridized carbons (Fsp3) is 0.971. The van der Waals surface area contributed by atoms with Gasteiger partial charge in [-0.15, -0.1) is 0 Å². The van der Waals surface area contributed by atoms with Crippen LogP contribution in [0.25, 0.3) is 0 Å². The molecule has 5 saturated carbocycles. The van der Waals surface area contributed by atoms with Crippen LogP contribution in [0.5, 0.6) is 0 Å². The number of carbonyl (C=O) groups excluding carboxylic acids is 1. The van der Waals surface area contributed by atoms with Gasteiger partial charge in [0.1, 0.15) is 12.1 Å². The number of likely N-dealkylation sites (tertiary alicyclic amines) is 1. The lowest BCUT2D eigenvalue weighted by atomic mass is 9.41. The quantitative estimate of drug-likeness (QED) is 0.446. The molecule has 0 bridgehead atoms. The molecular formula is C35H57NO6. The Morgan fingerprint density at radius 3 is 2.40 bits per heavy atom. The van der Waals surface area contributed by atoms with Crippen molar-refractivity contribution in [3.05, 3.63) is 0 Å². The molecule has 7 aliphatic rings. The molecule has 42 heavy (non-hydrogen) atoms. The Labute approximate surface area is 253 Å². The van der Waals surface area contributed by atoms with Crippen LogP contribution in [0.15, 0.2) is 0 Å². The number of nitrogens with zero attached hydrogens (tertiary/aromatic N) is 1. The van der Waals surface area contributed by atoms with Crippen LogP contribution in [-0.4, -0.2) is 84.5 Å². The molecule has 2 saturated heterocycles. The number of aliphatic hydroxyl groups is 2. The Kier molecular flexibility index (Phi) is 6.87. The molecule has 0 aromatic rings. The molecule has 14 atom stereocenters. The van der Waals surface area contributed by atoms with Crippen LogP contribution in [0.2, 0.25) is 0 Å². The van der Waals surface area contributed by atoms with E-state index in [4.69, 9.17) is 14.2 Å². The van der Waals surface area contributed by atoms with E-state index in [1.807, 2.05) is 18.9 Å². The Morgan fingerprint density at radius 1 is 1.00 bits per heavy atom. The van der Waals surface area contributed by atoms with Crippen molar-refractivity contribution in [3.63, 3.8) is 0 Å². The third kappa shape index (κ3) is 3.67. The first-order valence-corrected chi connectivity index (χ1v) is 17.3. The van der Waals surface area contributed by atoms with E-state index in [9.17, 15) is 15.0 Å². The molecule has 0 aromatic heterocycles. The molecule has 7 heteroatoms. The van der Waals surface area contributed by atoms with Crippen molar-refractivity contribution in [2.45, 2.75) is 136 Å². The first-order chi connectivity index (χ1) is 19.8. The summed E-state index contributed by atoms with van der Waals surface area (Å²) in [4.78, 5) is 15.2. The summed E-state index contributed by atoms with van der Waals surface area (Å²) in [7, 11) is 1.91. The summed E-state index contributed by atoms with van der Waals surface area (Å²) in [5.74, 6) is 1.78. The summed E-state index contributed by atoms with van der Waals surface area (Å²) in [6, 6.07) is -0.337. The Morgan fingerprint density at radius 2 is 1.71 bits per heavy atom. The first-order valence-electron chi connectivity index (χ1n) is 17.3. The lowest BCUT2D eigenvalue weighted by Gasteiger charge is -2.63. The summed E-state index contributed by atoms with van der Waals surface area (Å²) < 4.78 is 18.9. The van der Waals surface area contributed by atoms with Gasteiger partial charge in [0.05, 0.1) is 31.0 Å². The van der Waals surface area contributed by atoms with E-state index >= 15 is 0 Å². The molecule has 7 fully saturated rings. The molecule has 238 valence electrons. The predicted molar refractivity (Wildman–Crippen MR) is 160 cm³/mol. The van der Waals surface area contributed by atoms with Crippen molar-refractivity contribution in [3.8, 4) is 0 Å². The van der Waals surface area contributed by atoms with Crippen molar-refractivity contribution in [2.24, 2.45) is 50.7 Å². The number of likely N-dealkylation sites (N-methyl/N-ethyl adjacent to an activating group) is 1. The highest BCUT2D eigenvalue weighted by Gasteiger charge is 2.84. The van der Waals surface area contributed by atoms with E-state index in [2.05, 4.69) is 34.6 Å². The zero-order chi connectivity index (χ0) is 30.0. The molecule has 7 nitrogen and oxygen atoms in total. The molecule has 0 aromatic carbocycles. The number of hydrogen-bond donors (Lipinski definition) is 2. The number of esters is 1. The summed E-state index contributed by atoms with van der Waals surface area (Å²) in [6.07, 6.45) is 8.53. The second-order valence-electron chi connectivity index (χ2n) is 17.1. The maximum Gasteiger partial charge on any atom is 0.323 e. The Bertz CT molecular complexity index is 1100. The molecule has 7 rings (SSSR count). The number of ether oxygens (including phenoxy) is 3. The molecule has 2 N–H and O–H groups in total. The molecular weight excluding hydrogens is 530 g/mol. The van der Waals surface area contributed by atoms with Gasteiger partial charge in [-0.05, 0) is 105 Å². The SMILES string of the molecule is CCOCC1CC(C)C2C(O1)C(O)C1(C)C3CCC4C(C)(C)C(OC(=O)C5CC(O)CN5C)CCC45CC35CCC21C. The summed E-state index contributed by atoms with van der Waals surface area (Å²) in [5, 5.41) is 22.4. The Hall–Kier alpha value is -0.730. The van der Waals surface area contributed by atoms with Crippen molar-refractivity contribution in [1.29, 1.82) is 0 Å². The predicted octanol–water partition coefficient (Wildman–Crippen LogP) is 4.81. The number of β-amino-alcohol motifs (C(OH)–C–C–N with tert-alkyl or cyclic N) is 1. The second kappa shape index (κ2) is 9.64. The van der Waals surface area contributed by atoms with Crippen LogP contribution in [0.4, 0.5) is 0 Å². The lowest BCUT2D eigenvalue weighted by molar-refractivity contribution is -0.194. The zero-order valence-corrected chi connectivity index (χ0v) is 27.2. The molecule has 2 spiro atoms. The minimum atomic E-state index is -0.450. The standard InChI is InChI=1S/C35H57NO6/c1-8-40-18-22-15-20(2)27-28(41-22)29(38)33(6)25-10-9-24-31(3,4)26(42-30(39)23-16-21(37)17-36(23)7)11-12-34(24)19-35(25,34)14-13-32(27,33)5/h20-29,37-38H,8-19H2,1-7H3. The first kappa shape index (κ1) is 30.0.